The van der Waals surface area contributed by atoms with Crippen molar-refractivity contribution in [1.29, 1.82) is 0 Å². The predicted octanol–water partition coefficient (Wildman–Crippen LogP) is 6.98. The van der Waals surface area contributed by atoms with Gasteiger partial charge in [-0.25, -0.2) is 14.8 Å². The fraction of sp³-hybridized carbons (Fsp3) is 0.161. The number of carbonyl (C=O) groups excluding carboxylic acids is 1. The number of carboxylic acids is 1. The van der Waals surface area contributed by atoms with Crippen LogP contribution in [0.4, 0.5) is 10.5 Å². The summed E-state index contributed by atoms with van der Waals surface area (Å²) in [6, 6.07) is 24.9. The van der Waals surface area contributed by atoms with Crippen LogP contribution in [0.2, 0.25) is 0 Å². The first-order chi connectivity index (χ1) is 18.9. The third kappa shape index (κ3) is 4.61. The highest BCUT2D eigenvalue weighted by molar-refractivity contribution is 6.03. The Hall–Kier alpha value is -4.98. The molecule has 1 fully saturated rings. The molecule has 0 aliphatic heterocycles. The Morgan fingerprint density at radius 2 is 1.59 bits per heavy atom. The zero-order chi connectivity index (χ0) is 27.0. The number of amides is 1. The SMILES string of the molecule is CC(OC(=O)Nc1c(-c2ccc(-c3ccc(C4(C(=O)O)CC4)cc3)cc2)oc2ncncc12)c1ccccc1. The van der Waals surface area contributed by atoms with Gasteiger partial charge in [0.05, 0.1) is 10.8 Å². The van der Waals surface area contributed by atoms with E-state index in [1.807, 2.05) is 85.8 Å². The quantitative estimate of drug-likeness (QED) is 0.238. The summed E-state index contributed by atoms with van der Waals surface area (Å²) in [5.74, 6) is -0.327. The van der Waals surface area contributed by atoms with Gasteiger partial charge in [-0.15, -0.1) is 0 Å². The third-order valence-corrected chi connectivity index (χ3v) is 7.23. The van der Waals surface area contributed by atoms with Crippen molar-refractivity contribution >= 4 is 28.8 Å². The van der Waals surface area contributed by atoms with Crippen molar-refractivity contribution in [3.8, 4) is 22.5 Å². The number of ether oxygens (including phenoxy) is 1. The second kappa shape index (κ2) is 9.72. The van der Waals surface area contributed by atoms with E-state index in [9.17, 15) is 14.7 Å². The average molecular weight is 520 g/mol. The number of hydrogen-bond acceptors (Lipinski definition) is 6. The highest BCUT2D eigenvalue weighted by Gasteiger charge is 2.51. The summed E-state index contributed by atoms with van der Waals surface area (Å²) in [5.41, 5.74) is 4.44. The van der Waals surface area contributed by atoms with Gasteiger partial charge in [-0.05, 0) is 42.0 Å². The molecule has 0 saturated heterocycles. The zero-order valence-corrected chi connectivity index (χ0v) is 21.1. The molecule has 8 nitrogen and oxygen atoms in total. The van der Waals surface area contributed by atoms with Crippen molar-refractivity contribution in [2.75, 3.05) is 5.32 Å². The van der Waals surface area contributed by atoms with E-state index in [0.29, 0.717) is 35.4 Å². The average Bonchev–Trinajstić information content (AvgIpc) is 3.71. The van der Waals surface area contributed by atoms with Crippen molar-refractivity contribution in [2.45, 2.75) is 31.3 Å². The number of aromatic nitrogens is 2. The fourth-order valence-electron chi connectivity index (χ4n) is 4.80. The molecule has 2 aromatic heterocycles. The predicted molar refractivity (Wildman–Crippen MR) is 146 cm³/mol. The van der Waals surface area contributed by atoms with Crippen molar-refractivity contribution in [1.82, 2.24) is 9.97 Å². The second-order valence-corrected chi connectivity index (χ2v) is 9.67. The maximum Gasteiger partial charge on any atom is 0.412 e. The molecule has 1 saturated carbocycles. The molecule has 1 unspecified atom stereocenters. The lowest BCUT2D eigenvalue weighted by Crippen LogP contribution is -2.19. The molecule has 1 aliphatic rings. The van der Waals surface area contributed by atoms with Crippen molar-refractivity contribution in [3.05, 3.63) is 103 Å². The molecule has 0 radical (unpaired) electrons. The van der Waals surface area contributed by atoms with E-state index < -0.39 is 23.6 Å². The first-order valence-electron chi connectivity index (χ1n) is 12.6. The summed E-state index contributed by atoms with van der Waals surface area (Å²) < 4.78 is 11.6. The lowest BCUT2D eigenvalue weighted by molar-refractivity contribution is -0.140. The molecular formula is C31H25N3O5. The maximum absolute atomic E-state index is 12.9. The van der Waals surface area contributed by atoms with Gasteiger partial charge in [0.25, 0.3) is 0 Å². The number of furan rings is 1. The minimum absolute atomic E-state index is 0.346. The summed E-state index contributed by atoms with van der Waals surface area (Å²) in [4.78, 5) is 32.8. The number of nitrogens with zero attached hydrogens (tertiary/aromatic N) is 2. The Morgan fingerprint density at radius 1 is 0.949 bits per heavy atom. The Kier molecular flexibility index (Phi) is 6.07. The number of rotatable bonds is 7. The van der Waals surface area contributed by atoms with Gasteiger partial charge in [0.15, 0.2) is 5.76 Å². The number of carbonyl (C=O) groups is 2. The minimum atomic E-state index is -0.766. The molecule has 6 rings (SSSR count). The van der Waals surface area contributed by atoms with Crippen LogP contribution in [0.25, 0.3) is 33.6 Å². The maximum atomic E-state index is 12.9. The van der Waals surface area contributed by atoms with Gasteiger partial charge in [-0.1, -0.05) is 78.9 Å². The van der Waals surface area contributed by atoms with E-state index in [4.69, 9.17) is 9.15 Å². The van der Waals surface area contributed by atoms with Crippen LogP contribution in [0.1, 0.15) is 37.0 Å². The number of aliphatic carboxylic acids is 1. The summed E-state index contributed by atoms with van der Waals surface area (Å²) in [7, 11) is 0. The summed E-state index contributed by atoms with van der Waals surface area (Å²) in [6.07, 6.45) is 3.26. The van der Waals surface area contributed by atoms with Gasteiger partial charge in [0.1, 0.15) is 18.1 Å². The molecule has 0 bridgehead atoms. The van der Waals surface area contributed by atoms with Gasteiger partial charge >= 0.3 is 12.1 Å². The van der Waals surface area contributed by atoms with Gasteiger partial charge < -0.3 is 14.3 Å². The highest BCUT2D eigenvalue weighted by atomic mass is 16.6. The summed E-state index contributed by atoms with van der Waals surface area (Å²) in [6.45, 7) is 1.81. The molecule has 3 aromatic carbocycles. The molecule has 194 valence electrons. The smallest absolute Gasteiger partial charge is 0.412 e. The molecule has 2 heterocycles. The van der Waals surface area contributed by atoms with E-state index >= 15 is 0 Å². The number of fused-ring (bicyclic) bond motifs is 1. The molecule has 2 N–H and O–H groups in total. The van der Waals surface area contributed by atoms with Crippen LogP contribution < -0.4 is 5.32 Å². The number of benzene rings is 3. The zero-order valence-electron chi connectivity index (χ0n) is 21.1. The topological polar surface area (TPSA) is 115 Å². The molecule has 1 amide bonds. The first kappa shape index (κ1) is 24.4. The van der Waals surface area contributed by atoms with E-state index in [1.165, 1.54) is 6.33 Å². The van der Waals surface area contributed by atoms with E-state index in [0.717, 1.165) is 27.8 Å². The molecule has 1 atom stereocenters. The van der Waals surface area contributed by atoms with Crippen LogP contribution in [-0.2, 0) is 14.9 Å². The number of anilines is 1. The molecule has 39 heavy (non-hydrogen) atoms. The monoisotopic (exact) mass is 519 g/mol. The third-order valence-electron chi connectivity index (χ3n) is 7.23. The highest BCUT2D eigenvalue weighted by Crippen LogP contribution is 2.48. The Morgan fingerprint density at radius 3 is 2.23 bits per heavy atom. The molecule has 0 spiro atoms. The largest absolute Gasteiger partial charge is 0.481 e. The van der Waals surface area contributed by atoms with Crippen LogP contribution >= 0.6 is 0 Å². The van der Waals surface area contributed by atoms with Crippen LogP contribution in [0, 0.1) is 0 Å². The molecular weight excluding hydrogens is 494 g/mol. The van der Waals surface area contributed by atoms with Crippen molar-refractivity contribution in [3.63, 3.8) is 0 Å². The number of hydrogen-bond donors (Lipinski definition) is 2. The van der Waals surface area contributed by atoms with Crippen LogP contribution in [0.5, 0.6) is 0 Å². The van der Waals surface area contributed by atoms with Crippen molar-refractivity contribution < 1.29 is 23.8 Å². The molecule has 5 aromatic rings. The minimum Gasteiger partial charge on any atom is -0.481 e. The van der Waals surface area contributed by atoms with Crippen molar-refractivity contribution in [2.24, 2.45) is 0 Å². The van der Waals surface area contributed by atoms with Gasteiger partial charge in [0.2, 0.25) is 5.71 Å². The number of carboxylic acid groups (broad SMARTS) is 1. The standard InChI is InChI=1S/C31H25N3O5/c1-19(20-5-3-2-4-6-20)38-30(37)34-26-25-17-32-18-33-28(25)39-27(26)23-9-7-21(8-10-23)22-11-13-24(14-12-22)31(15-16-31)29(35)36/h2-14,17-19H,15-16H2,1H3,(H,34,37)(H,35,36). The van der Waals surface area contributed by atoms with Gasteiger partial charge in [-0.2, -0.15) is 0 Å². The van der Waals surface area contributed by atoms with E-state index in [1.54, 1.807) is 6.20 Å². The fourth-order valence-corrected chi connectivity index (χ4v) is 4.80. The first-order valence-corrected chi connectivity index (χ1v) is 12.6. The molecule has 8 heteroatoms. The summed E-state index contributed by atoms with van der Waals surface area (Å²) >= 11 is 0. The lowest BCUT2D eigenvalue weighted by atomic mass is 9.93. The normalized spacial score (nSPS) is 14.5. The van der Waals surface area contributed by atoms with E-state index in [-0.39, 0.29) is 0 Å². The van der Waals surface area contributed by atoms with Crippen LogP contribution in [0.3, 0.4) is 0 Å². The molecule has 1 aliphatic carbocycles. The van der Waals surface area contributed by atoms with Crippen LogP contribution in [0.15, 0.2) is 95.8 Å². The number of nitrogens with one attached hydrogen (secondary N) is 1. The Balaban J connectivity index is 1.25. The summed E-state index contributed by atoms with van der Waals surface area (Å²) in [5, 5.41) is 12.9. The lowest BCUT2D eigenvalue weighted by Gasteiger charge is -2.14. The van der Waals surface area contributed by atoms with Gasteiger partial charge in [-0.3, -0.25) is 10.1 Å². The van der Waals surface area contributed by atoms with Crippen LogP contribution in [-0.4, -0.2) is 27.1 Å². The van der Waals surface area contributed by atoms with Gasteiger partial charge in [0, 0.05) is 11.8 Å². The Bertz CT molecular complexity index is 1660. The Labute approximate surface area is 224 Å². The van der Waals surface area contributed by atoms with E-state index in [2.05, 4.69) is 15.3 Å². The second-order valence-electron chi connectivity index (χ2n) is 9.67.